The average molecular weight is 204 g/mol. The van der Waals surface area contributed by atoms with Gasteiger partial charge in [-0.1, -0.05) is 13.8 Å². The van der Waals surface area contributed by atoms with Gasteiger partial charge in [0.15, 0.2) is 5.82 Å². The summed E-state index contributed by atoms with van der Waals surface area (Å²) in [6.45, 7) is 3.65. The van der Waals surface area contributed by atoms with Crippen LogP contribution in [0.4, 0.5) is 5.82 Å². The molecule has 0 saturated heterocycles. The third-order valence-corrected chi connectivity index (χ3v) is 1.91. The second-order valence-electron chi connectivity index (χ2n) is 3.45. The fourth-order valence-electron chi connectivity index (χ4n) is 1.08. The number of nitriles is 1. The Bertz CT molecular complexity index is 369. The van der Waals surface area contributed by atoms with Crippen molar-refractivity contribution in [2.75, 3.05) is 5.32 Å². The van der Waals surface area contributed by atoms with Crippen molar-refractivity contribution in [1.82, 2.24) is 10.2 Å². The molecule has 0 aliphatic rings. The summed E-state index contributed by atoms with van der Waals surface area (Å²) in [7, 11) is 0. The molecule has 1 aromatic rings. The van der Waals surface area contributed by atoms with Crippen molar-refractivity contribution >= 4 is 11.7 Å². The van der Waals surface area contributed by atoms with E-state index in [0.29, 0.717) is 5.82 Å². The largest absolute Gasteiger partial charge is 0.308 e. The molecule has 1 aromatic heterocycles. The number of amides is 1. The van der Waals surface area contributed by atoms with E-state index in [4.69, 9.17) is 5.26 Å². The van der Waals surface area contributed by atoms with Crippen LogP contribution in [0.1, 0.15) is 13.8 Å². The minimum atomic E-state index is -0.660. The lowest BCUT2D eigenvalue weighted by Crippen LogP contribution is -2.26. The molecule has 0 aliphatic carbocycles. The van der Waals surface area contributed by atoms with Crippen molar-refractivity contribution < 1.29 is 4.79 Å². The lowest BCUT2D eigenvalue weighted by molar-refractivity contribution is -0.119. The Balaban J connectivity index is 2.68. The Morgan fingerprint density at radius 3 is 2.80 bits per heavy atom. The molecule has 1 rings (SSSR count). The summed E-state index contributed by atoms with van der Waals surface area (Å²) >= 11 is 0. The van der Waals surface area contributed by atoms with E-state index in [0.717, 1.165) is 0 Å². The van der Waals surface area contributed by atoms with Crippen LogP contribution >= 0.6 is 0 Å². The maximum Gasteiger partial charge on any atom is 0.243 e. The van der Waals surface area contributed by atoms with Gasteiger partial charge in [0.1, 0.15) is 5.92 Å². The maximum absolute atomic E-state index is 11.6. The fraction of sp³-hybridized carbons (Fsp3) is 0.400. The Morgan fingerprint density at radius 2 is 2.33 bits per heavy atom. The summed E-state index contributed by atoms with van der Waals surface area (Å²) < 4.78 is 0. The van der Waals surface area contributed by atoms with Crippen LogP contribution in [0.3, 0.4) is 0 Å². The predicted octanol–water partition coefficient (Wildman–Crippen LogP) is 1.21. The number of carbonyl (C=O) groups is 1. The van der Waals surface area contributed by atoms with Gasteiger partial charge < -0.3 is 5.32 Å². The number of nitrogens with one attached hydrogen (secondary N) is 1. The Hall–Kier alpha value is -1.96. The van der Waals surface area contributed by atoms with E-state index < -0.39 is 5.92 Å². The van der Waals surface area contributed by atoms with E-state index in [-0.39, 0.29) is 11.8 Å². The molecule has 0 aromatic carbocycles. The Labute approximate surface area is 88.1 Å². The zero-order valence-corrected chi connectivity index (χ0v) is 8.64. The monoisotopic (exact) mass is 204 g/mol. The first kappa shape index (κ1) is 11.1. The van der Waals surface area contributed by atoms with E-state index in [1.165, 1.54) is 6.20 Å². The minimum absolute atomic E-state index is 0.0216. The number of nitrogens with zero attached hydrogens (tertiary/aromatic N) is 3. The van der Waals surface area contributed by atoms with Crippen molar-refractivity contribution in [3.05, 3.63) is 18.3 Å². The highest BCUT2D eigenvalue weighted by Crippen LogP contribution is 2.12. The first-order valence-corrected chi connectivity index (χ1v) is 4.63. The van der Waals surface area contributed by atoms with Crippen LogP contribution in [0.25, 0.3) is 0 Å². The second-order valence-corrected chi connectivity index (χ2v) is 3.45. The molecule has 0 radical (unpaired) electrons. The molecule has 5 nitrogen and oxygen atoms in total. The maximum atomic E-state index is 11.6. The summed E-state index contributed by atoms with van der Waals surface area (Å²) in [6.07, 6.45) is 1.51. The molecule has 5 heteroatoms. The van der Waals surface area contributed by atoms with Gasteiger partial charge in [-0.3, -0.25) is 4.79 Å². The van der Waals surface area contributed by atoms with Gasteiger partial charge >= 0.3 is 0 Å². The van der Waals surface area contributed by atoms with Gasteiger partial charge in [0.2, 0.25) is 5.91 Å². The number of hydrogen-bond donors (Lipinski definition) is 1. The van der Waals surface area contributed by atoms with E-state index in [2.05, 4.69) is 15.5 Å². The van der Waals surface area contributed by atoms with Gasteiger partial charge in [-0.25, -0.2) is 0 Å². The third kappa shape index (κ3) is 3.02. The molecule has 0 fully saturated rings. The normalized spacial score (nSPS) is 11.9. The highest BCUT2D eigenvalue weighted by molar-refractivity contribution is 5.93. The van der Waals surface area contributed by atoms with E-state index in [1.807, 2.05) is 19.9 Å². The minimum Gasteiger partial charge on any atom is -0.308 e. The Morgan fingerprint density at radius 1 is 1.60 bits per heavy atom. The molecule has 0 saturated carbocycles. The topological polar surface area (TPSA) is 78.7 Å². The molecule has 0 bridgehead atoms. The van der Waals surface area contributed by atoms with Crippen LogP contribution in [-0.4, -0.2) is 16.1 Å². The predicted molar refractivity (Wildman–Crippen MR) is 54.6 cm³/mol. The van der Waals surface area contributed by atoms with Gasteiger partial charge in [0, 0.05) is 6.20 Å². The zero-order valence-electron chi connectivity index (χ0n) is 8.64. The van der Waals surface area contributed by atoms with E-state index in [1.54, 1.807) is 12.1 Å². The van der Waals surface area contributed by atoms with Gasteiger partial charge in [-0.05, 0) is 18.1 Å². The number of aromatic nitrogens is 2. The molecule has 1 atom stereocenters. The number of hydrogen-bond acceptors (Lipinski definition) is 4. The summed E-state index contributed by atoms with van der Waals surface area (Å²) in [5, 5.41) is 18.7. The number of rotatable bonds is 3. The smallest absolute Gasteiger partial charge is 0.243 e. The van der Waals surface area contributed by atoms with Gasteiger partial charge in [0.05, 0.1) is 6.07 Å². The third-order valence-electron chi connectivity index (χ3n) is 1.91. The molecule has 0 spiro atoms. The molecule has 1 heterocycles. The average Bonchev–Trinajstić information content (AvgIpc) is 2.19. The lowest BCUT2D eigenvalue weighted by Gasteiger charge is -2.11. The standard InChI is InChI=1S/C10H12N4O/c1-7(2)8(6-11)10(15)13-9-4-3-5-12-14-9/h3-5,7-8H,1-2H3,(H,13,14,15). The molecule has 1 N–H and O–H groups in total. The molecule has 1 unspecified atom stereocenters. The van der Waals surface area contributed by atoms with Crippen LogP contribution < -0.4 is 5.32 Å². The SMILES string of the molecule is CC(C)C(C#N)C(=O)Nc1cccnn1. The van der Waals surface area contributed by atoms with Crippen LogP contribution in [0, 0.1) is 23.2 Å². The molecule has 0 aliphatic heterocycles. The van der Waals surface area contributed by atoms with E-state index >= 15 is 0 Å². The van der Waals surface area contributed by atoms with Gasteiger partial charge in [-0.15, -0.1) is 5.10 Å². The van der Waals surface area contributed by atoms with Crippen molar-refractivity contribution in [2.45, 2.75) is 13.8 Å². The van der Waals surface area contributed by atoms with Crippen molar-refractivity contribution in [3.8, 4) is 6.07 Å². The van der Waals surface area contributed by atoms with Crippen molar-refractivity contribution in [3.63, 3.8) is 0 Å². The van der Waals surface area contributed by atoms with Crippen LogP contribution in [0.5, 0.6) is 0 Å². The lowest BCUT2D eigenvalue weighted by atomic mass is 9.97. The first-order valence-electron chi connectivity index (χ1n) is 4.63. The van der Waals surface area contributed by atoms with Crippen LogP contribution in [0.2, 0.25) is 0 Å². The molecular formula is C10H12N4O. The number of anilines is 1. The highest BCUT2D eigenvalue weighted by atomic mass is 16.1. The van der Waals surface area contributed by atoms with Crippen molar-refractivity contribution in [2.24, 2.45) is 11.8 Å². The molecule has 78 valence electrons. The van der Waals surface area contributed by atoms with Gasteiger partial charge in [-0.2, -0.15) is 10.4 Å². The number of carbonyl (C=O) groups excluding carboxylic acids is 1. The summed E-state index contributed by atoms with van der Waals surface area (Å²) in [5.41, 5.74) is 0. The van der Waals surface area contributed by atoms with Crippen LogP contribution in [-0.2, 0) is 4.79 Å². The summed E-state index contributed by atoms with van der Waals surface area (Å²) in [4.78, 5) is 11.6. The quantitative estimate of drug-likeness (QED) is 0.802. The van der Waals surface area contributed by atoms with E-state index in [9.17, 15) is 4.79 Å². The second kappa shape index (κ2) is 5.05. The van der Waals surface area contributed by atoms with Crippen LogP contribution in [0.15, 0.2) is 18.3 Å². The Kier molecular flexibility index (Phi) is 3.75. The molecular weight excluding hydrogens is 192 g/mol. The molecule has 1 amide bonds. The summed E-state index contributed by atoms with van der Waals surface area (Å²) in [6, 6.07) is 5.25. The first-order chi connectivity index (χ1) is 7.15. The zero-order chi connectivity index (χ0) is 11.3. The molecule has 15 heavy (non-hydrogen) atoms. The summed E-state index contributed by atoms with van der Waals surface area (Å²) in [5.74, 6) is -0.657. The van der Waals surface area contributed by atoms with Gasteiger partial charge in [0.25, 0.3) is 0 Å². The fourth-order valence-corrected chi connectivity index (χ4v) is 1.08. The van der Waals surface area contributed by atoms with Crippen molar-refractivity contribution in [1.29, 1.82) is 5.26 Å². The highest BCUT2D eigenvalue weighted by Gasteiger charge is 2.21.